The van der Waals surface area contributed by atoms with E-state index in [1.54, 1.807) is 5.57 Å². The number of nitrogens with zero attached hydrogens (tertiary/aromatic N) is 1. The van der Waals surface area contributed by atoms with Crippen molar-refractivity contribution in [3.8, 4) is 0 Å². The first kappa shape index (κ1) is 22.6. The summed E-state index contributed by atoms with van der Waals surface area (Å²) < 4.78 is 5.97. The first-order valence-electron chi connectivity index (χ1n) is 12.7. The second-order valence-corrected chi connectivity index (χ2v) is 10.6. The van der Waals surface area contributed by atoms with Crippen molar-refractivity contribution >= 4 is 11.6 Å². The van der Waals surface area contributed by atoms with E-state index >= 15 is 0 Å². The maximum atomic E-state index is 13.4. The lowest BCUT2D eigenvalue weighted by molar-refractivity contribution is -0.122. The van der Waals surface area contributed by atoms with E-state index in [0.717, 1.165) is 43.9 Å². The molecular weight excluding hydrogens is 382 g/mol. The van der Waals surface area contributed by atoms with Gasteiger partial charge in [-0.25, -0.2) is 0 Å². The highest BCUT2D eigenvalue weighted by Gasteiger charge is 2.46. The van der Waals surface area contributed by atoms with E-state index in [1.807, 2.05) is 0 Å². The highest BCUT2D eigenvalue weighted by Crippen LogP contribution is 2.45. The van der Waals surface area contributed by atoms with Gasteiger partial charge in [-0.2, -0.15) is 0 Å². The van der Waals surface area contributed by atoms with Crippen molar-refractivity contribution in [1.82, 2.24) is 0 Å². The molecule has 1 atom stereocenters. The number of aryl methyl sites for hydroxylation is 1. The largest absolute Gasteiger partial charge is 0.378 e. The fourth-order valence-corrected chi connectivity index (χ4v) is 5.91. The maximum absolute atomic E-state index is 13.4. The average molecular weight is 424 g/mol. The second-order valence-electron chi connectivity index (χ2n) is 10.6. The molecule has 1 aromatic rings. The summed E-state index contributed by atoms with van der Waals surface area (Å²) in [5.74, 6) is 1.01. The Morgan fingerprint density at radius 2 is 1.87 bits per heavy atom. The van der Waals surface area contributed by atoms with Crippen LogP contribution in [0.1, 0.15) is 96.1 Å². The molecule has 1 unspecified atom stereocenters. The molecule has 2 aliphatic carbocycles. The number of fused-ring (bicyclic) bond motifs is 1. The predicted molar refractivity (Wildman–Crippen MR) is 129 cm³/mol. The lowest BCUT2D eigenvalue weighted by Gasteiger charge is -2.29. The minimum absolute atomic E-state index is 0.288. The molecule has 4 rings (SSSR count). The smallest absolute Gasteiger partial charge is 0.237 e. The van der Waals surface area contributed by atoms with Gasteiger partial charge in [0.15, 0.2) is 0 Å². The number of benzene rings is 1. The molecule has 1 aliphatic heterocycles. The van der Waals surface area contributed by atoms with Gasteiger partial charge >= 0.3 is 0 Å². The van der Waals surface area contributed by atoms with E-state index < -0.39 is 5.41 Å². The zero-order chi connectivity index (χ0) is 22.0. The molecule has 0 aromatic heterocycles. The fraction of sp³-hybridized carbons (Fsp3) is 0.679. The van der Waals surface area contributed by atoms with E-state index in [9.17, 15) is 4.79 Å². The Hall–Kier alpha value is -1.61. The van der Waals surface area contributed by atoms with Crippen LogP contribution in [-0.2, 0) is 14.9 Å². The summed E-state index contributed by atoms with van der Waals surface area (Å²) in [6.45, 7) is 9.40. The molecule has 3 heteroatoms. The normalized spacial score (nSPS) is 29.8. The van der Waals surface area contributed by atoms with E-state index in [1.165, 1.54) is 49.7 Å². The molecule has 0 bridgehead atoms. The topological polar surface area (TPSA) is 29.5 Å². The molecule has 3 nitrogen and oxygen atoms in total. The zero-order valence-electron chi connectivity index (χ0n) is 20.1. The van der Waals surface area contributed by atoms with Crippen molar-refractivity contribution in [2.24, 2.45) is 5.92 Å². The first-order valence-corrected chi connectivity index (χ1v) is 12.7. The second kappa shape index (κ2) is 9.48. The standard InChI is InChI=1S/C28H41NO2/c1-5-17-31-24-14-11-22(12-15-24)19-21-7-6-8-23(13-10-21)29-26-18-20(2)9-16-25(26)28(3,4)27(29)30/h9,16,18-19,22-24H,5-8,10-15,17H2,1-4H3/b21-19-. The van der Waals surface area contributed by atoms with Crippen LogP contribution in [0.25, 0.3) is 0 Å². The molecule has 0 saturated heterocycles. The van der Waals surface area contributed by atoms with E-state index in [4.69, 9.17) is 4.74 Å². The Bertz CT molecular complexity index is 816. The number of amides is 1. The zero-order valence-corrected chi connectivity index (χ0v) is 20.1. The molecule has 1 aromatic carbocycles. The van der Waals surface area contributed by atoms with Gasteiger partial charge in [0, 0.05) is 18.3 Å². The number of carbonyl (C=O) groups is 1. The molecule has 0 spiro atoms. The Kier molecular flexibility index (Phi) is 6.91. The Labute approximate surface area is 189 Å². The van der Waals surface area contributed by atoms with Crippen LogP contribution in [0.3, 0.4) is 0 Å². The molecule has 1 amide bonds. The van der Waals surface area contributed by atoms with Gasteiger partial charge in [0.25, 0.3) is 0 Å². The number of anilines is 1. The summed E-state index contributed by atoms with van der Waals surface area (Å²) >= 11 is 0. The molecule has 31 heavy (non-hydrogen) atoms. The number of allylic oxidation sites excluding steroid dienone is 2. The van der Waals surface area contributed by atoms with Crippen LogP contribution in [0.2, 0.25) is 0 Å². The van der Waals surface area contributed by atoms with Crippen molar-refractivity contribution in [3.63, 3.8) is 0 Å². The number of rotatable bonds is 5. The summed E-state index contributed by atoms with van der Waals surface area (Å²) in [5, 5.41) is 0. The lowest BCUT2D eigenvalue weighted by atomic mass is 9.85. The highest BCUT2D eigenvalue weighted by molar-refractivity contribution is 6.08. The molecular formula is C28H41NO2. The van der Waals surface area contributed by atoms with E-state index in [-0.39, 0.29) is 5.91 Å². The quantitative estimate of drug-likeness (QED) is 0.382. The molecule has 170 valence electrons. The molecule has 0 radical (unpaired) electrons. The van der Waals surface area contributed by atoms with Crippen molar-refractivity contribution < 1.29 is 9.53 Å². The minimum Gasteiger partial charge on any atom is -0.378 e. The monoisotopic (exact) mass is 423 g/mol. The Balaban J connectivity index is 1.41. The fourth-order valence-electron chi connectivity index (χ4n) is 5.91. The number of ether oxygens (including phenoxy) is 1. The number of hydrogen-bond donors (Lipinski definition) is 0. The number of carbonyl (C=O) groups excluding carboxylic acids is 1. The summed E-state index contributed by atoms with van der Waals surface area (Å²) in [6.07, 6.45) is 14.9. The molecule has 0 N–H and O–H groups in total. The summed E-state index contributed by atoms with van der Waals surface area (Å²) in [7, 11) is 0. The van der Waals surface area contributed by atoms with Crippen LogP contribution in [0.4, 0.5) is 5.69 Å². The lowest BCUT2D eigenvalue weighted by Crippen LogP contribution is -2.42. The van der Waals surface area contributed by atoms with Crippen molar-refractivity contribution in [2.75, 3.05) is 11.5 Å². The van der Waals surface area contributed by atoms with Crippen molar-refractivity contribution in [3.05, 3.63) is 41.0 Å². The van der Waals surface area contributed by atoms with Gasteiger partial charge in [0.05, 0.1) is 11.5 Å². The summed E-state index contributed by atoms with van der Waals surface area (Å²) in [4.78, 5) is 15.6. The Morgan fingerprint density at radius 1 is 1.10 bits per heavy atom. The third-order valence-electron chi connectivity index (χ3n) is 7.79. The van der Waals surface area contributed by atoms with Gasteiger partial charge in [-0.3, -0.25) is 4.79 Å². The molecule has 3 aliphatic rings. The molecule has 2 saturated carbocycles. The Morgan fingerprint density at radius 3 is 2.61 bits per heavy atom. The van der Waals surface area contributed by atoms with Crippen LogP contribution in [0.15, 0.2) is 29.8 Å². The van der Waals surface area contributed by atoms with Crippen molar-refractivity contribution in [1.29, 1.82) is 0 Å². The molecule has 1 heterocycles. The average Bonchev–Trinajstić information content (AvgIpc) is 2.89. The SMILES string of the molecule is CCCOC1CCC(/C=C2/CCCC(N3C(=O)C(C)(C)c4ccc(C)cc43)CC2)CC1. The van der Waals surface area contributed by atoms with Gasteiger partial charge in [-0.1, -0.05) is 30.7 Å². The van der Waals surface area contributed by atoms with Crippen LogP contribution < -0.4 is 4.90 Å². The predicted octanol–water partition coefficient (Wildman–Crippen LogP) is 6.86. The third kappa shape index (κ3) is 4.77. The van der Waals surface area contributed by atoms with Crippen LogP contribution >= 0.6 is 0 Å². The van der Waals surface area contributed by atoms with Gasteiger partial charge in [0.2, 0.25) is 5.91 Å². The maximum Gasteiger partial charge on any atom is 0.237 e. The first-order chi connectivity index (χ1) is 14.9. The summed E-state index contributed by atoms with van der Waals surface area (Å²) in [5.41, 5.74) is 4.83. The van der Waals surface area contributed by atoms with Crippen LogP contribution in [0, 0.1) is 12.8 Å². The van der Waals surface area contributed by atoms with Crippen molar-refractivity contribution in [2.45, 2.75) is 109 Å². The minimum atomic E-state index is -0.410. The van der Waals surface area contributed by atoms with Gasteiger partial charge in [0.1, 0.15) is 0 Å². The van der Waals surface area contributed by atoms with Crippen LogP contribution in [0.5, 0.6) is 0 Å². The number of hydrogen-bond acceptors (Lipinski definition) is 2. The van der Waals surface area contributed by atoms with E-state index in [0.29, 0.717) is 12.1 Å². The molecule has 2 fully saturated rings. The van der Waals surface area contributed by atoms with E-state index in [2.05, 4.69) is 56.9 Å². The van der Waals surface area contributed by atoms with Crippen LogP contribution in [-0.4, -0.2) is 24.7 Å². The van der Waals surface area contributed by atoms with Gasteiger partial charge in [-0.05, 0) is 108 Å². The van der Waals surface area contributed by atoms with Gasteiger partial charge in [-0.15, -0.1) is 0 Å². The third-order valence-corrected chi connectivity index (χ3v) is 7.79. The highest BCUT2D eigenvalue weighted by atomic mass is 16.5. The summed E-state index contributed by atoms with van der Waals surface area (Å²) in [6, 6.07) is 6.88. The van der Waals surface area contributed by atoms with Gasteiger partial charge < -0.3 is 9.64 Å².